The van der Waals surface area contributed by atoms with Crippen molar-refractivity contribution < 1.29 is 4.74 Å². The van der Waals surface area contributed by atoms with Crippen LogP contribution in [0.5, 0.6) is 5.75 Å². The molecule has 3 aromatic rings. The molecule has 0 unspecified atom stereocenters. The van der Waals surface area contributed by atoms with E-state index in [9.17, 15) is 0 Å². The van der Waals surface area contributed by atoms with Crippen molar-refractivity contribution in [1.29, 1.82) is 0 Å². The summed E-state index contributed by atoms with van der Waals surface area (Å²) in [6, 6.07) is 12.0. The number of imidazole rings is 1. The topological polar surface area (TPSA) is 53.1 Å². The molecule has 0 spiro atoms. The average molecular weight is 346 g/mol. The lowest BCUT2D eigenvalue weighted by molar-refractivity contribution is 0.344. The van der Waals surface area contributed by atoms with Crippen LogP contribution in [-0.2, 0) is 0 Å². The lowest BCUT2D eigenvalue weighted by Crippen LogP contribution is -2.01. The Labute approximate surface area is 131 Å². The summed E-state index contributed by atoms with van der Waals surface area (Å²) in [6.45, 7) is 4.60. The van der Waals surface area contributed by atoms with Crippen LogP contribution in [0.1, 0.15) is 12.5 Å². The van der Waals surface area contributed by atoms with E-state index in [0.717, 1.165) is 32.5 Å². The number of benzene rings is 2. The minimum atomic E-state index is 0.448. The van der Waals surface area contributed by atoms with Crippen molar-refractivity contribution in [3.8, 4) is 11.4 Å². The molecular formula is C16H16BrN3O. The van der Waals surface area contributed by atoms with Crippen molar-refractivity contribution in [3.05, 3.63) is 46.4 Å². The minimum absolute atomic E-state index is 0.448. The molecular weight excluding hydrogens is 330 g/mol. The molecule has 0 aliphatic rings. The van der Waals surface area contributed by atoms with Crippen LogP contribution in [0.25, 0.3) is 16.7 Å². The second kappa shape index (κ2) is 5.41. The highest BCUT2D eigenvalue weighted by Crippen LogP contribution is 2.32. The van der Waals surface area contributed by atoms with E-state index < -0.39 is 0 Å². The Kier molecular flexibility index (Phi) is 3.59. The fourth-order valence-electron chi connectivity index (χ4n) is 2.41. The Morgan fingerprint density at radius 3 is 2.86 bits per heavy atom. The molecule has 21 heavy (non-hydrogen) atoms. The van der Waals surface area contributed by atoms with Crippen LogP contribution in [-0.4, -0.2) is 16.2 Å². The standard InChI is InChI=1S/C16H16BrN3O/c1-3-21-14-6-4-5-12-15(14)19-16(18)20(12)13-9-10(2)7-8-11(13)17/h4-9H,3H2,1-2H3,(H2,18,19). The summed E-state index contributed by atoms with van der Waals surface area (Å²) in [6.07, 6.45) is 0. The zero-order chi connectivity index (χ0) is 15.0. The summed E-state index contributed by atoms with van der Waals surface area (Å²) in [5.74, 6) is 1.20. The molecule has 0 atom stereocenters. The van der Waals surface area contributed by atoms with Crippen LogP contribution in [0.3, 0.4) is 0 Å². The number of nitrogen functional groups attached to an aromatic ring is 1. The molecule has 1 heterocycles. The lowest BCUT2D eigenvalue weighted by Gasteiger charge is -2.10. The SMILES string of the molecule is CCOc1cccc2c1nc(N)n2-c1cc(C)ccc1Br. The minimum Gasteiger partial charge on any atom is -0.492 e. The normalized spacial score (nSPS) is 11.0. The number of nitrogens with two attached hydrogens (primary N) is 1. The van der Waals surface area contributed by atoms with Gasteiger partial charge in [0, 0.05) is 4.47 Å². The van der Waals surface area contributed by atoms with E-state index in [1.54, 1.807) is 0 Å². The molecule has 1 aromatic heterocycles. The Bertz CT molecular complexity index is 811. The lowest BCUT2D eigenvalue weighted by atomic mass is 10.2. The van der Waals surface area contributed by atoms with Crippen LogP contribution in [0.2, 0.25) is 0 Å². The Morgan fingerprint density at radius 2 is 2.10 bits per heavy atom. The molecule has 108 valence electrons. The summed E-state index contributed by atoms with van der Waals surface area (Å²) in [5.41, 5.74) is 10.0. The van der Waals surface area contributed by atoms with E-state index in [1.165, 1.54) is 0 Å². The van der Waals surface area contributed by atoms with Gasteiger partial charge in [0.2, 0.25) is 5.95 Å². The van der Waals surface area contributed by atoms with Gasteiger partial charge in [0.15, 0.2) is 0 Å². The van der Waals surface area contributed by atoms with Crippen LogP contribution in [0, 0.1) is 6.92 Å². The monoisotopic (exact) mass is 345 g/mol. The van der Waals surface area contributed by atoms with Gasteiger partial charge < -0.3 is 10.5 Å². The maximum atomic E-state index is 6.14. The molecule has 4 nitrogen and oxygen atoms in total. The fourth-order valence-corrected chi connectivity index (χ4v) is 2.83. The van der Waals surface area contributed by atoms with Gasteiger partial charge in [-0.1, -0.05) is 12.1 Å². The maximum absolute atomic E-state index is 6.14. The highest BCUT2D eigenvalue weighted by molar-refractivity contribution is 9.10. The van der Waals surface area contributed by atoms with Crippen molar-refractivity contribution >= 4 is 32.9 Å². The molecule has 0 bridgehead atoms. The zero-order valence-corrected chi connectivity index (χ0v) is 13.5. The number of para-hydroxylation sites is 1. The van der Waals surface area contributed by atoms with Crippen molar-refractivity contribution in [2.75, 3.05) is 12.3 Å². The Morgan fingerprint density at radius 1 is 1.29 bits per heavy atom. The summed E-state index contributed by atoms with van der Waals surface area (Å²) in [5, 5.41) is 0. The highest BCUT2D eigenvalue weighted by atomic mass is 79.9. The number of halogens is 1. The van der Waals surface area contributed by atoms with E-state index in [1.807, 2.05) is 35.8 Å². The van der Waals surface area contributed by atoms with Gasteiger partial charge in [-0.3, -0.25) is 4.57 Å². The number of aryl methyl sites for hydroxylation is 1. The molecule has 0 radical (unpaired) electrons. The van der Waals surface area contributed by atoms with Gasteiger partial charge in [-0.15, -0.1) is 0 Å². The average Bonchev–Trinajstić information content (AvgIpc) is 2.79. The summed E-state index contributed by atoms with van der Waals surface area (Å²) in [7, 11) is 0. The summed E-state index contributed by atoms with van der Waals surface area (Å²) in [4.78, 5) is 4.47. The van der Waals surface area contributed by atoms with Gasteiger partial charge in [0.05, 0.1) is 17.8 Å². The molecule has 5 heteroatoms. The predicted octanol–water partition coefficient (Wildman–Crippen LogP) is 4.08. The third-order valence-corrected chi connectivity index (χ3v) is 3.99. The predicted molar refractivity (Wildman–Crippen MR) is 89.1 cm³/mol. The fraction of sp³-hybridized carbons (Fsp3) is 0.188. The van der Waals surface area contributed by atoms with Crippen LogP contribution >= 0.6 is 15.9 Å². The second-order valence-electron chi connectivity index (χ2n) is 4.82. The maximum Gasteiger partial charge on any atom is 0.206 e. The van der Waals surface area contributed by atoms with E-state index in [0.29, 0.717) is 12.6 Å². The van der Waals surface area contributed by atoms with E-state index >= 15 is 0 Å². The van der Waals surface area contributed by atoms with Gasteiger partial charge in [0.1, 0.15) is 11.3 Å². The highest BCUT2D eigenvalue weighted by Gasteiger charge is 2.15. The first-order chi connectivity index (χ1) is 10.1. The molecule has 0 saturated heterocycles. The molecule has 0 fully saturated rings. The number of nitrogens with zero attached hydrogens (tertiary/aromatic N) is 2. The number of rotatable bonds is 3. The molecule has 0 amide bonds. The van der Waals surface area contributed by atoms with Crippen molar-refractivity contribution in [1.82, 2.24) is 9.55 Å². The Hall–Kier alpha value is -2.01. The van der Waals surface area contributed by atoms with E-state index in [2.05, 4.69) is 40.0 Å². The van der Waals surface area contributed by atoms with Gasteiger partial charge >= 0.3 is 0 Å². The molecule has 2 N–H and O–H groups in total. The van der Waals surface area contributed by atoms with Gasteiger partial charge in [-0.25, -0.2) is 4.98 Å². The third kappa shape index (κ3) is 2.38. The van der Waals surface area contributed by atoms with Crippen molar-refractivity contribution in [2.45, 2.75) is 13.8 Å². The first kappa shape index (κ1) is 13.9. The van der Waals surface area contributed by atoms with Crippen LogP contribution < -0.4 is 10.5 Å². The van der Waals surface area contributed by atoms with Crippen molar-refractivity contribution in [2.24, 2.45) is 0 Å². The van der Waals surface area contributed by atoms with Crippen LogP contribution in [0.15, 0.2) is 40.9 Å². The molecule has 2 aromatic carbocycles. The first-order valence-corrected chi connectivity index (χ1v) is 7.57. The third-order valence-electron chi connectivity index (χ3n) is 3.32. The number of ether oxygens (including phenoxy) is 1. The van der Waals surface area contributed by atoms with E-state index in [4.69, 9.17) is 10.5 Å². The van der Waals surface area contributed by atoms with E-state index in [-0.39, 0.29) is 0 Å². The van der Waals surface area contributed by atoms with Gasteiger partial charge in [-0.2, -0.15) is 0 Å². The van der Waals surface area contributed by atoms with Crippen molar-refractivity contribution in [3.63, 3.8) is 0 Å². The Balaban J connectivity index is 2.30. The smallest absolute Gasteiger partial charge is 0.206 e. The number of aromatic nitrogens is 2. The van der Waals surface area contributed by atoms with Crippen LogP contribution in [0.4, 0.5) is 5.95 Å². The molecule has 0 aliphatic carbocycles. The number of hydrogen-bond donors (Lipinski definition) is 1. The molecule has 0 aliphatic heterocycles. The van der Waals surface area contributed by atoms with Gasteiger partial charge in [-0.05, 0) is 59.6 Å². The molecule has 3 rings (SSSR count). The van der Waals surface area contributed by atoms with Gasteiger partial charge in [0.25, 0.3) is 0 Å². The first-order valence-electron chi connectivity index (χ1n) is 6.78. The quantitative estimate of drug-likeness (QED) is 0.778. The summed E-state index contributed by atoms with van der Waals surface area (Å²) < 4.78 is 8.55. The summed E-state index contributed by atoms with van der Waals surface area (Å²) >= 11 is 3.59. The zero-order valence-electron chi connectivity index (χ0n) is 11.9. The molecule has 0 saturated carbocycles. The number of hydrogen-bond acceptors (Lipinski definition) is 3. The number of fused-ring (bicyclic) bond motifs is 1. The largest absolute Gasteiger partial charge is 0.492 e. The second-order valence-corrected chi connectivity index (χ2v) is 5.67. The number of anilines is 1.